The highest BCUT2D eigenvalue weighted by Crippen LogP contribution is 2.14. The monoisotopic (exact) mass is 230 g/mol. The van der Waals surface area contributed by atoms with Crippen molar-refractivity contribution < 1.29 is 14.3 Å². The van der Waals surface area contributed by atoms with Crippen LogP contribution < -0.4 is 0 Å². The summed E-state index contributed by atoms with van der Waals surface area (Å²) in [6.07, 6.45) is -0.413. The first kappa shape index (κ1) is 12.9. The molecule has 0 radical (unpaired) electrons. The van der Waals surface area contributed by atoms with Gasteiger partial charge in [-0.1, -0.05) is 5.18 Å². The van der Waals surface area contributed by atoms with Crippen molar-refractivity contribution in [2.75, 3.05) is 26.3 Å². The van der Waals surface area contributed by atoms with Crippen LogP contribution >= 0.6 is 0 Å². The van der Waals surface area contributed by atoms with Gasteiger partial charge >= 0.3 is 6.09 Å². The number of ether oxygens (including phenoxy) is 2. The van der Waals surface area contributed by atoms with E-state index in [4.69, 9.17) is 9.47 Å². The molecule has 0 aromatic carbocycles. The molecule has 6 heteroatoms. The van der Waals surface area contributed by atoms with Crippen molar-refractivity contribution in [1.82, 2.24) is 4.90 Å². The van der Waals surface area contributed by atoms with Crippen molar-refractivity contribution in [2.45, 2.75) is 32.4 Å². The Kier molecular flexibility index (Phi) is 4.23. The molecule has 6 nitrogen and oxygen atoms in total. The minimum atomic E-state index is -0.533. The number of hydrogen-bond acceptors (Lipinski definition) is 5. The number of nitrogens with zero attached hydrogens (tertiary/aromatic N) is 2. The summed E-state index contributed by atoms with van der Waals surface area (Å²) in [5, 5.41) is 2.81. The zero-order valence-electron chi connectivity index (χ0n) is 9.93. The van der Waals surface area contributed by atoms with E-state index in [1.165, 1.54) is 4.90 Å². The fourth-order valence-corrected chi connectivity index (χ4v) is 1.45. The van der Waals surface area contributed by atoms with Crippen LogP contribution in [0, 0.1) is 4.91 Å². The Morgan fingerprint density at radius 1 is 1.56 bits per heavy atom. The van der Waals surface area contributed by atoms with Gasteiger partial charge in [0, 0.05) is 6.54 Å². The van der Waals surface area contributed by atoms with Gasteiger partial charge in [-0.2, -0.15) is 4.91 Å². The molecule has 1 unspecified atom stereocenters. The third-order valence-corrected chi connectivity index (χ3v) is 2.14. The van der Waals surface area contributed by atoms with E-state index in [0.29, 0.717) is 19.8 Å². The standard InChI is InChI=1S/C10H18N2O4/c1-10(2,3)16-9(13)12-4-5-15-7-8(12)6-11-14/h8H,4-7H2,1-3H3. The Morgan fingerprint density at radius 2 is 2.25 bits per heavy atom. The molecule has 0 aromatic rings. The van der Waals surface area contributed by atoms with E-state index in [1.54, 1.807) is 20.8 Å². The Bertz CT molecular complexity index is 262. The highest BCUT2D eigenvalue weighted by molar-refractivity contribution is 5.68. The summed E-state index contributed by atoms with van der Waals surface area (Å²) >= 11 is 0. The first-order valence-corrected chi connectivity index (χ1v) is 5.30. The van der Waals surface area contributed by atoms with Crippen LogP contribution in [0.25, 0.3) is 0 Å². The predicted octanol–water partition coefficient (Wildman–Crippen LogP) is 1.39. The van der Waals surface area contributed by atoms with Crippen LogP contribution in [-0.4, -0.2) is 48.9 Å². The molecule has 0 aliphatic carbocycles. The molecule has 1 saturated heterocycles. The number of amides is 1. The molecule has 0 bridgehead atoms. The normalized spacial score (nSPS) is 21.7. The summed E-state index contributed by atoms with van der Waals surface area (Å²) in [6, 6.07) is -0.305. The maximum absolute atomic E-state index is 11.8. The largest absolute Gasteiger partial charge is 0.444 e. The molecule has 0 saturated carbocycles. The van der Waals surface area contributed by atoms with E-state index in [0.717, 1.165) is 0 Å². The third kappa shape index (κ3) is 3.77. The number of carbonyl (C=O) groups excluding carboxylic acids is 1. The number of morpholine rings is 1. The molecule has 16 heavy (non-hydrogen) atoms. The van der Waals surface area contributed by atoms with Crippen LogP contribution in [-0.2, 0) is 9.47 Å². The lowest BCUT2D eigenvalue weighted by Gasteiger charge is -2.35. The van der Waals surface area contributed by atoms with Crippen LogP contribution in [0.3, 0.4) is 0 Å². The highest BCUT2D eigenvalue weighted by atomic mass is 16.6. The van der Waals surface area contributed by atoms with E-state index in [-0.39, 0.29) is 12.6 Å². The molecule has 1 rings (SSSR count). The molecular formula is C10H18N2O4. The van der Waals surface area contributed by atoms with Crippen molar-refractivity contribution in [3.8, 4) is 0 Å². The van der Waals surface area contributed by atoms with Gasteiger partial charge in [0.1, 0.15) is 12.1 Å². The summed E-state index contributed by atoms with van der Waals surface area (Å²) in [5.74, 6) is 0. The molecule has 0 N–H and O–H groups in total. The molecule has 1 atom stereocenters. The van der Waals surface area contributed by atoms with Crippen LogP contribution in [0.4, 0.5) is 4.79 Å². The van der Waals surface area contributed by atoms with Crippen LogP contribution in [0.2, 0.25) is 0 Å². The Morgan fingerprint density at radius 3 is 2.81 bits per heavy atom. The van der Waals surface area contributed by atoms with Crippen molar-refractivity contribution in [2.24, 2.45) is 5.18 Å². The molecule has 1 amide bonds. The quantitative estimate of drug-likeness (QED) is 0.672. The third-order valence-electron chi connectivity index (χ3n) is 2.14. The van der Waals surface area contributed by atoms with Gasteiger partial charge in [-0.3, -0.25) is 4.90 Å². The van der Waals surface area contributed by atoms with E-state index in [2.05, 4.69) is 5.18 Å². The number of nitroso groups, excluding NO2 is 1. The fourth-order valence-electron chi connectivity index (χ4n) is 1.45. The van der Waals surface area contributed by atoms with Gasteiger partial charge in [0.15, 0.2) is 0 Å². The van der Waals surface area contributed by atoms with E-state index < -0.39 is 11.7 Å². The van der Waals surface area contributed by atoms with Gasteiger partial charge in [0.05, 0.1) is 19.3 Å². The molecular weight excluding hydrogens is 212 g/mol. The molecule has 0 aromatic heterocycles. The van der Waals surface area contributed by atoms with E-state index >= 15 is 0 Å². The Balaban J connectivity index is 2.60. The van der Waals surface area contributed by atoms with Gasteiger partial charge in [-0.15, -0.1) is 0 Å². The van der Waals surface area contributed by atoms with Crippen LogP contribution in [0.1, 0.15) is 20.8 Å². The number of hydrogen-bond donors (Lipinski definition) is 0. The molecule has 1 heterocycles. The van der Waals surface area contributed by atoms with Crippen molar-refractivity contribution in [3.63, 3.8) is 0 Å². The molecule has 1 aliphatic rings. The van der Waals surface area contributed by atoms with Crippen molar-refractivity contribution >= 4 is 6.09 Å². The lowest BCUT2D eigenvalue weighted by atomic mass is 10.2. The molecule has 0 spiro atoms. The lowest BCUT2D eigenvalue weighted by molar-refractivity contribution is -0.0299. The second-order valence-electron chi connectivity index (χ2n) is 4.71. The highest BCUT2D eigenvalue weighted by Gasteiger charge is 2.31. The Hall–Kier alpha value is -1.17. The minimum absolute atomic E-state index is 0.0409. The maximum atomic E-state index is 11.8. The van der Waals surface area contributed by atoms with Crippen molar-refractivity contribution in [1.29, 1.82) is 0 Å². The summed E-state index contributed by atoms with van der Waals surface area (Å²) in [4.78, 5) is 23.6. The van der Waals surface area contributed by atoms with Gasteiger partial charge in [0.25, 0.3) is 0 Å². The summed E-state index contributed by atoms with van der Waals surface area (Å²) in [6.45, 7) is 6.70. The van der Waals surface area contributed by atoms with Gasteiger partial charge < -0.3 is 9.47 Å². The average Bonchev–Trinajstić information content (AvgIpc) is 2.16. The number of rotatable bonds is 2. The first-order valence-electron chi connectivity index (χ1n) is 5.30. The second-order valence-corrected chi connectivity index (χ2v) is 4.71. The summed E-state index contributed by atoms with van der Waals surface area (Å²) in [5.41, 5.74) is -0.533. The SMILES string of the molecule is CC(C)(C)OC(=O)N1CCOCC1CN=O. The van der Waals surface area contributed by atoms with Crippen molar-refractivity contribution in [3.05, 3.63) is 4.91 Å². The Labute approximate surface area is 94.9 Å². The summed E-state index contributed by atoms with van der Waals surface area (Å²) in [7, 11) is 0. The van der Waals surface area contributed by atoms with Crippen LogP contribution in [0.5, 0.6) is 0 Å². The van der Waals surface area contributed by atoms with Gasteiger partial charge in [-0.25, -0.2) is 4.79 Å². The predicted molar refractivity (Wildman–Crippen MR) is 58.2 cm³/mol. The van der Waals surface area contributed by atoms with Crippen LogP contribution in [0.15, 0.2) is 5.18 Å². The maximum Gasteiger partial charge on any atom is 0.410 e. The summed E-state index contributed by atoms with van der Waals surface area (Å²) < 4.78 is 10.4. The zero-order valence-corrected chi connectivity index (χ0v) is 9.93. The van der Waals surface area contributed by atoms with E-state index in [1.807, 2.05) is 0 Å². The number of carbonyl (C=O) groups is 1. The van der Waals surface area contributed by atoms with Gasteiger partial charge in [-0.05, 0) is 20.8 Å². The minimum Gasteiger partial charge on any atom is -0.444 e. The fraction of sp³-hybridized carbons (Fsp3) is 0.900. The smallest absolute Gasteiger partial charge is 0.410 e. The van der Waals surface area contributed by atoms with Gasteiger partial charge in [0.2, 0.25) is 0 Å². The zero-order chi connectivity index (χ0) is 12.2. The molecule has 1 aliphatic heterocycles. The molecule has 92 valence electrons. The van der Waals surface area contributed by atoms with E-state index in [9.17, 15) is 9.70 Å². The molecule has 1 fully saturated rings. The lowest BCUT2D eigenvalue weighted by Crippen LogP contribution is -2.51. The second kappa shape index (κ2) is 5.25. The average molecular weight is 230 g/mol. The topological polar surface area (TPSA) is 68.2 Å². The first-order chi connectivity index (χ1) is 7.44.